The Kier molecular flexibility index (Phi) is 4.94. The van der Waals surface area contributed by atoms with Gasteiger partial charge in [0.05, 0.1) is 5.69 Å². The molecule has 0 aliphatic rings. The fraction of sp³-hybridized carbons (Fsp3) is 0.545. The van der Waals surface area contributed by atoms with Gasteiger partial charge in [0.2, 0.25) is 5.88 Å². The molecule has 0 radical (unpaired) electrons. The number of aryl methyl sites for hydroxylation is 1. The van der Waals surface area contributed by atoms with Gasteiger partial charge >= 0.3 is 5.97 Å². The number of rotatable bonds is 6. The molecule has 0 atom stereocenters. The molecule has 0 fully saturated rings. The first-order valence-electron chi connectivity index (χ1n) is 5.53. The van der Waals surface area contributed by atoms with E-state index in [2.05, 4.69) is 10.2 Å². The van der Waals surface area contributed by atoms with Gasteiger partial charge in [-0.25, -0.2) is 13.6 Å². The van der Waals surface area contributed by atoms with Gasteiger partial charge in [-0.3, -0.25) is 0 Å². The van der Waals surface area contributed by atoms with Crippen LogP contribution in [0.5, 0.6) is 5.88 Å². The Balaban J connectivity index is 3.21. The van der Waals surface area contributed by atoms with Crippen LogP contribution in [0.4, 0.5) is 8.78 Å². The molecular weight excluding hydrogens is 246 g/mol. The first kappa shape index (κ1) is 14.3. The Hall–Kier alpha value is -1.79. The van der Waals surface area contributed by atoms with E-state index in [4.69, 9.17) is 9.84 Å². The molecule has 1 aromatic rings. The minimum absolute atomic E-state index is 0.176. The summed E-state index contributed by atoms with van der Waals surface area (Å²) in [5.74, 6) is -1.60. The molecule has 5 nitrogen and oxygen atoms in total. The summed E-state index contributed by atoms with van der Waals surface area (Å²) in [6, 6.07) is 0. The molecule has 1 heterocycles. The van der Waals surface area contributed by atoms with Crippen molar-refractivity contribution < 1.29 is 23.4 Å². The van der Waals surface area contributed by atoms with E-state index in [0.29, 0.717) is 24.1 Å². The number of carboxylic acids is 1. The van der Waals surface area contributed by atoms with E-state index in [-0.39, 0.29) is 11.4 Å². The Morgan fingerprint density at radius 1 is 1.33 bits per heavy atom. The number of ether oxygens (including phenoxy) is 1. The quantitative estimate of drug-likeness (QED) is 0.846. The normalized spacial score (nSPS) is 10.7. The van der Waals surface area contributed by atoms with Crippen molar-refractivity contribution in [3.05, 3.63) is 16.8 Å². The number of aromatic nitrogens is 2. The highest BCUT2D eigenvalue weighted by molar-refractivity contribution is 5.92. The van der Waals surface area contributed by atoms with Crippen molar-refractivity contribution in [2.45, 2.75) is 33.1 Å². The smallest absolute Gasteiger partial charge is 0.341 e. The summed E-state index contributed by atoms with van der Waals surface area (Å²) in [6.45, 7) is 2.68. The number of hydrogen-bond acceptors (Lipinski definition) is 4. The number of aromatic carboxylic acids is 1. The predicted molar refractivity (Wildman–Crippen MR) is 59.2 cm³/mol. The molecule has 0 saturated carbocycles. The number of halogens is 2. The summed E-state index contributed by atoms with van der Waals surface area (Å²) in [4.78, 5) is 11.2. The third-order valence-electron chi connectivity index (χ3n) is 2.37. The van der Waals surface area contributed by atoms with Crippen molar-refractivity contribution in [1.29, 1.82) is 0 Å². The number of carboxylic acid groups (broad SMARTS) is 1. The highest BCUT2D eigenvalue weighted by Gasteiger charge is 2.22. The van der Waals surface area contributed by atoms with Gasteiger partial charge in [-0.05, 0) is 18.4 Å². The molecule has 1 aromatic heterocycles. The SMILES string of the molecule is CCc1nnc(OCC(F)F)c(C(=O)O)c1CC. The zero-order valence-corrected chi connectivity index (χ0v) is 10.1. The molecule has 18 heavy (non-hydrogen) atoms. The summed E-state index contributed by atoms with van der Waals surface area (Å²) < 4.78 is 28.8. The standard InChI is InChI=1S/C11H14F2N2O3/c1-3-6-7(4-2)14-15-10(9(6)11(16)17)18-5-8(12)13/h8H,3-5H2,1-2H3,(H,16,17). The van der Waals surface area contributed by atoms with Gasteiger partial charge in [0, 0.05) is 0 Å². The van der Waals surface area contributed by atoms with E-state index < -0.39 is 19.0 Å². The van der Waals surface area contributed by atoms with Crippen LogP contribution in [0.25, 0.3) is 0 Å². The van der Waals surface area contributed by atoms with Crippen LogP contribution >= 0.6 is 0 Å². The second-order valence-electron chi connectivity index (χ2n) is 3.52. The minimum atomic E-state index is -2.69. The topological polar surface area (TPSA) is 72.3 Å². The van der Waals surface area contributed by atoms with Gasteiger partial charge in [-0.2, -0.15) is 5.10 Å². The average molecular weight is 260 g/mol. The van der Waals surface area contributed by atoms with Crippen LogP contribution in [-0.2, 0) is 12.8 Å². The monoisotopic (exact) mass is 260 g/mol. The number of carbonyl (C=O) groups is 1. The number of hydrogen-bond donors (Lipinski definition) is 1. The van der Waals surface area contributed by atoms with Gasteiger partial charge < -0.3 is 9.84 Å². The maximum Gasteiger partial charge on any atom is 0.341 e. The molecule has 0 saturated heterocycles. The Morgan fingerprint density at radius 2 is 2.00 bits per heavy atom. The number of alkyl halides is 2. The van der Waals surface area contributed by atoms with Crippen LogP contribution in [0.1, 0.15) is 35.5 Å². The van der Waals surface area contributed by atoms with E-state index in [1.807, 2.05) is 6.92 Å². The second-order valence-corrected chi connectivity index (χ2v) is 3.52. The summed E-state index contributed by atoms with van der Waals surface area (Å²) in [5.41, 5.74) is 0.841. The van der Waals surface area contributed by atoms with Crippen molar-refractivity contribution in [3.63, 3.8) is 0 Å². The molecule has 0 aliphatic carbocycles. The zero-order valence-electron chi connectivity index (χ0n) is 10.1. The van der Waals surface area contributed by atoms with Crippen LogP contribution in [0.3, 0.4) is 0 Å². The molecule has 0 bridgehead atoms. The predicted octanol–water partition coefficient (Wildman–Crippen LogP) is 1.94. The van der Waals surface area contributed by atoms with E-state index in [0.717, 1.165) is 0 Å². The summed E-state index contributed by atoms with van der Waals surface area (Å²) in [5, 5.41) is 16.5. The van der Waals surface area contributed by atoms with E-state index in [9.17, 15) is 13.6 Å². The molecule has 1 N–H and O–H groups in total. The second kappa shape index (κ2) is 6.23. The van der Waals surface area contributed by atoms with Crippen LogP contribution < -0.4 is 4.74 Å². The van der Waals surface area contributed by atoms with Crippen LogP contribution in [-0.4, -0.2) is 34.3 Å². The summed E-state index contributed by atoms with van der Waals surface area (Å²) in [6.07, 6.45) is -1.75. The highest BCUT2D eigenvalue weighted by Crippen LogP contribution is 2.23. The lowest BCUT2D eigenvalue weighted by Gasteiger charge is -2.12. The highest BCUT2D eigenvalue weighted by atomic mass is 19.3. The average Bonchev–Trinajstić information content (AvgIpc) is 2.34. The maximum absolute atomic E-state index is 12.1. The van der Waals surface area contributed by atoms with Crippen molar-refractivity contribution >= 4 is 5.97 Å². The van der Waals surface area contributed by atoms with E-state index in [1.165, 1.54) is 0 Å². The van der Waals surface area contributed by atoms with Crippen molar-refractivity contribution in [2.24, 2.45) is 0 Å². The zero-order chi connectivity index (χ0) is 13.7. The Labute approximate surface area is 103 Å². The van der Waals surface area contributed by atoms with Crippen molar-refractivity contribution in [1.82, 2.24) is 10.2 Å². The summed E-state index contributed by atoms with van der Waals surface area (Å²) in [7, 11) is 0. The molecule has 1 rings (SSSR count). The van der Waals surface area contributed by atoms with Crippen molar-refractivity contribution in [2.75, 3.05) is 6.61 Å². The van der Waals surface area contributed by atoms with Crippen LogP contribution in [0.2, 0.25) is 0 Å². The fourth-order valence-corrected chi connectivity index (χ4v) is 1.62. The van der Waals surface area contributed by atoms with Crippen molar-refractivity contribution in [3.8, 4) is 5.88 Å². The lowest BCUT2D eigenvalue weighted by molar-refractivity contribution is 0.0651. The van der Waals surface area contributed by atoms with E-state index >= 15 is 0 Å². The minimum Gasteiger partial charge on any atom is -0.477 e. The molecule has 0 unspecified atom stereocenters. The number of nitrogens with zero attached hydrogens (tertiary/aromatic N) is 2. The summed E-state index contributed by atoms with van der Waals surface area (Å²) >= 11 is 0. The molecule has 0 aliphatic heterocycles. The maximum atomic E-state index is 12.1. The van der Waals surface area contributed by atoms with Gasteiger partial charge in [-0.15, -0.1) is 5.10 Å². The fourth-order valence-electron chi connectivity index (χ4n) is 1.62. The van der Waals surface area contributed by atoms with Gasteiger partial charge in [0.15, 0.2) is 6.61 Å². The first-order chi connectivity index (χ1) is 8.51. The molecule has 0 amide bonds. The molecule has 0 spiro atoms. The van der Waals surface area contributed by atoms with Crippen LogP contribution in [0, 0.1) is 0 Å². The van der Waals surface area contributed by atoms with Crippen LogP contribution in [0.15, 0.2) is 0 Å². The lowest BCUT2D eigenvalue weighted by atomic mass is 10.0. The third kappa shape index (κ3) is 3.12. The lowest BCUT2D eigenvalue weighted by Crippen LogP contribution is -2.16. The Bertz CT molecular complexity index is 439. The molecule has 0 aromatic carbocycles. The van der Waals surface area contributed by atoms with Gasteiger partial charge in [-0.1, -0.05) is 13.8 Å². The largest absolute Gasteiger partial charge is 0.477 e. The molecule has 100 valence electrons. The van der Waals surface area contributed by atoms with Gasteiger partial charge in [0.1, 0.15) is 5.56 Å². The van der Waals surface area contributed by atoms with Gasteiger partial charge in [0.25, 0.3) is 6.43 Å². The molecule has 7 heteroatoms. The first-order valence-corrected chi connectivity index (χ1v) is 5.53. The molecular formula is C11H14F2N2O3. The Morgan fingerprint density at radius 3 is 2.44 bits per heavy atom. The van der Waals surface area contributed by atoms with E-state index in [1.54, 1.807) is 6.92 Å². The third-order valence-corrected chi connectivity index (χ3v) is 2.37.